The van der Waals surface area contributed by atoms with Crippen LogP contribution in [0.1, 0.15) is 17.2 Å². The Labute approximate surface area is 130 Å². The molecule has 0 saturated heterocycles. The number of ether oxygens (including phenoxy) is 1. The van der Waals surface area contributed by atoms with Gasteiger partial charge in [-0.1, -0.05) is 29.8 Å². The predicted octanol–water partition coefficient (Wildman–Crippen LogP) is 2.55. The lowest BCUT2D eigenvalue weighted by molar-refractivity contribution is 0.414. The Morgan fingerprint density at radius 1 is 1.09 bits per heavy atom. The minimum atomic E-state index is -3.76. The van der Waals surface area contributed by atoms with Crippen molar-refractivity contribution in [3.8, 4) is 11.8 Å². The second kappa shape index (κ2) is 6.60. The molecule has 1 N–H and O–H groups in total. The third kappa shape index (κ3) is 3.64. The van der Waals surface area contributed by atoms with Gasteiger partial charge in [0.25, 0.3) is 0 Å². The van der Waals surface area contributed by atoms with Gasteiger partial charge in [-0.15, -0.1) is 0 Å². The third-order valence-corrected chi connectivity index (χ3v) is 4.62. The van der Waals surface area contributed by atoms with E-state index in [0.29, 0.717) is 11.3 Å². The lowest BCUT2D eigenvalue weighted by Gasteiger charge is -2.13. The van der Waals surface area contributed by atoms with Crippen LogP contribution in [0, 0.1) is 18.3 Å². The van der Waals surface area contributed by atoms with Crippen molar-refractivity contribution in [2.24, 2.45) is 0 Å². The van der Waals surface area contributed by atoms with Crippen LogP contribution in [-0.4, -0.2) is 15.5 Å². The molecule has 2 aromatic carbocycles. The van der Waals surface area contributed by atoms with Crippen LogP contribution in [0.25, 0.3) is 0 Å². The lowest BCUT2D eigenvalue weighted by Crippen LogP contribution is -2.27. The molecule has 22 heavy (non-hydrogen) atoms. The SMILES string of the molecule is COc1ccc(C(C#N)NS(=O)(=O)c2ccc(C)cc2)cc1. The zero-order valence-corrected chi connectivity index (χ0v) is 13.1. The van der Waals surface area contributed by atoms with E-state index in [1.807, 2.05) is 13.0 Å². The van der Waals surface area contributed by atoms with E-state index in [9.17, 15) is 13.7 Å². The molecule has 0 aliphatic rings. The Balaban J connectivity index is 2.25. The zero-order chi connectivity index (χ0) is 16.2. The second-order valence-corrected chi connectivity index (χ2v) is 6.48. The largest absolute Gasteiger partial charge is 0.497 e. The topological polar surface area (TPSA) is 79.2 Å². The number of hydrogen-bond donors (Lipinski definition) is 1. The monoisotopic (exact) mass is 316 g/mol. The molecule has 0 radical (unpaired) electrons. The molecule has 0 amide bonds. The first-order valence-electron chi connectivity index (χ1n) is 6.59. The van der Waals surface area contributed by atoms with E-state index < -0.39 is 16.1 Å². The quantitative estimate of drug-likeness (QED) is 0.919. The van der Waals surface area contributed by atoms with Crippen LogP contribution in [0.5, 0.6) is 5.75 Å². The Morgan fingerprint density at radius 2 is 1.68 bits per heavy atom. The van der Waals surface area contributed by atoms with Crippen molar-refractivity contribution in [3.05, 3.63) is 59.7 Å². The van der Waals surface area contributed by atoms with Crippen LogP contribution in [-0.2, 0) is 10.0 Å². The van der Waals surface area contributed by atoms with E-state index in [4.69, 9.17) is 4.74 Å². The van der Waals surface area contributed by atoms with Crippen molar-refractivity contribution in [2.45, 2.75) is 17.9 Å². The highest BCUT2D eigenvalue weighted by atomic mass is 32.2. The first-order chi connectivity index (χ1) is 10.5. The average molecular weight is 316 g/mol. The van der Waals surface area contributed by atoms with Crippen molar-refractivity contribution < 1.29 is 13.2 Å². The number of nitriles is 1. The number of rotatable bonds is 5. The van der Waals surface area contributed by atoms with Crippen LogP contribution in [0.15, 0.2) is 53.4 Å². The van der Waals surface area contributed by atoms with Gasteiger partial charge in [-0.05, 0) is 36.8 Å². The number of nitrogens with one attached hydrogen (secondary N) is 1. The van der Waals surface area contributed by atoms with Gasteiger partial charge in [0.15, 0.2) is 0 Å². The molecule has 0 aliphatic heterocycles. The fourth-order valence-corrected chi connectivity index (χ4v) is 3.04. The van der Waals surface area contributed by atoms with Crippen LogP contribution >= 0.6 is 0 Å². The van der Waals surface area contributed by atoms with Gasteiger partial charge in [0.05, 0.1) is 18.1 Å². The van der Waals surface area contributed by atoms with E-state index in [1.54, 1.807) is 36.4 Å². The Bertz CT molecular complexity index is 776. The van der Waals surface area contributed by atoms with Gasteiger partial charge in [-0.3, -0.25) is 0 Å². The molecule has 5 nitrogen and oxygen atoms in total. The Morgan fingerprint density at radius 3 is 2.18 bits per heavy atom. The summed E-state index contributed by atoms with van der Waals surface area (Å²) in [5.41, 5.74) is 1.52. The number of nitrogens with zero attached hydrogens (tertiary/aromatic N) is 1. The number of sulfonamides is 1. The summed E-state index contributed by atoms with van der Waals surface area (Å²) in [4.78, 5) is 0.131. The van der Waals surface area contributed by atoms with E-state index in [-0.39, 0.29) is 4.90 Å². The fourth-order valence-electron chi connectivity index (χ4n) is 1.91. The van der Waals surface area contributed by atoms with Crippen LogP contribution in [0.3, 0.4) is 0 Å². The van der Waals surface area contributed by atoms with Gasteiger partial charge in [-0.25, -0.2) is 8.42 Å². The molecule has 0 aromatic heterocycles. The van der Waals surface area contributed by atoms with Crippen molar-refractivity contribution in [1.29, 1.82) is 5.26 Å². The second-order valence-electron chi connectivity index (χ2n) is 4.77. The average Bonchev–Trinajstić information content (AvgIpc) is 2.53. The molecule has 0 saturated carbocycles. The minimum absolute atomic E-state index is 0.131. The molecule has 0 heterocycles. The lowest BCUT2D eigenvalue weighted by atomic mass is 10.1. The summed E-state index contributed by atoms with van der Waals surface area (Å²) >= 11 is 0. The van der Waals surface area contributed by atoms with E-state index in [1.165, 1.54) is 19.2 Å². The molecule has 2 aromatic rings. The van der Waals surface area contributed by atoms with Crippen LogP contribution < -0.4 is 9.46 Å². The highest BCUT2D eigenvalue weighted by Crippen LogP contribution is 2.20. The summed E-state index contributed by atoms with van der Waals surface area (Å²) in [5.74, 6) is 0.641. The fraction of sp³-hybridized carbons (Fsp3) is 0.188. The normalized spacial score (nSPS) is 12.4. The molecule has 6 heteroatoms. The molecule has 0 bridgehead atoms. The van der Waals surface area contributed by atoms with E-state index >= 15 is 0 Å². The first kappa shape index (κ1) is 16.0. The number of benzene rings is 2. The summed E-state index contributed by atoms with van der Waals surface area (Å²) in [6.07, 6.45) is 0. The highest BCUT2D eigenvalue weighted by Gasteiger charge is 2.21. The summed E-state index contributed by atoms with van der Waals surface area (Å²) in [6, 6.07) is 14.1. The van der Waals surface area contributed by atoms with Crippen molar-refractivity contribution in [2.75, 3.05) is 7.11 Å². The van der Waals surface area contributed by atoms with Gasteiger partial charge in [0.1, 0.15) is 11.8 Å². The zero-order valence-electron chi connectivity index (χ0n) is 12.3. The smallest absolute Gasteiger partial charge is 0.241 e. The summed E-state index contributed by atoms with van der Waals surface area (Å²) in [7, 11) is -2.22. The summed E-state index contributed by atoms with van der Waals surface area (Å²) in [5, 5.41) is 9.25. The maximum absolute atomic E-state index is 12.3. The van der Waals surface area contributed by atoms with Crippen molar-refractivity contribution in [3.63, 3.8) is 0 Å². The number of methoxy groups -OCH3 is 1. The molecular weight excluding hydrogens is 300 g/mol. The van der Waals surface area contributed by atoms with Gasteiger partial charge in [0.2, 0.25) is 10.0 Å². The molecule has 1 atom stereocenters. The molecule has 0 spiro atoms. The summed E-state index contributed by atoms with van der Waals surface area (Å²) in [6.45, 7) is 1.87. The van der Waals surface area contributed by atoms with Gasteiger partial charge in [0, 0.05) is 0 Å². The molecule has 0 fully saturated rings. The molecular formula is C16H16N2O3S. The third-order valence-electron chi connectivity index (χ3n) is 3.18. The van der Waals surface area contributed by atoms with Crippen LogP contribution in [0.2, 0.25) is 0 Å². The standard InChI is InChI=1S/C16H16N2O3S/c1-12-3-9-15(10-4-12)22(19,20)18-16(11-17)13-5-7-14(21-2)8-6-13/h3-10,16,18H,1-2H3. The Kier molecular flexibility index (Phi) is 4.81. The number of aryl methyl sites for hydroxylation is 1. The van der Waals surface area contributed by atoms with Crippen molar-refractivity contribution in [1.82, 2.24) is 4.72 Å². The van der Waals surface area contributed by atoms with Gasteiger partial charge in [-0.2, -0.15) is 9.98 Å². The Hall–Kier alpha value is -2.36. The molecule has 1 unspecified atom stereocenters. The predicted molar refractivity (Wildman–Crippen MR) is 82.8 cm³/mol. The summed E-state index contributed by atoms with van der Waals surface area (Å²) < 4.78 is 32.1. The van der Waals surface area contributed by atoms with Crippen molar-refractivity contribution >= 4 is 10.0 Å². The maximum Gasteiger partial charge on any atom is 0.241 e. The highest BCUT2D eigenvalue weighted by molar-refractivity contribution is 7.89. The first-order valence-corrected chi connectivity index (χ1v) is 8.07. The van der Waals surface area contributed by atoms with Gasteiger partial charge < -0.3 is 4.74 Å². The van der Waals surface area contributed by atoms with Crippen LogP contribution in [0.4, 0.5) is 0 Å². The molecule has 0 aliphatic carbocycles. The van der Waals surface area contributed by atoms with E-state index in [2.05, 4.69) is 4.72 Å². The molecule has 114 valence electrons. The van der Waals surface area contributed by atoms with Gasteiger partial charge >= 0.3 is 0 Å². The number of hydrogen-bond acceptors (Lipinski definition) is 4. The van der Waals surface area contributed by atoms with E-state index in [0.717, 1.165) is 5.56 Å². The maximum atomic E-state index is 12.3. The molecule has 2 rings (SSSR count). The minimum Gasteiger partial charge on any atom is -0.497 e.